The van der Waals surface area contributed by atoms with Gasteiger partial charge in [-0.05, 0) is 54.7 Å². The molecule has 0 aromatic carbocycles. The topological polar surface area (TPSA) is 35.5 Å². The van der Waals surface area contributed by atoms with Crippen LogP contribution in [0.25, 0.3) is 0 Å². The third kappa shape index (κ3) is 4.48. The molecule has 1 saturated carbocycles. The summed E-state index contributed by atoms with van der Waals surface area (Å²) in [6, 6.07) is 0. The van der Waals surface area contributed by atoms with Crippen molar-refractivity contribution in [3.63, 3.8) is 0 Å². The third-order valence-electron chi connectivity index (χ3n) is 2.30. The lowest BCUT2D eigenvalue weighted by Crippen LogP contribution is -2.19. The van der Waals surface area contributed by atoms with E-state index < -0.39 is 6.16 Å². The number of carbonyl (C=O) groups is 1. The van der Waals surface area contributed by atoms with E-state index in [2.05, 4.69) is 29.5 Å². The van der Waals surface area contributed by atoms with Crippen molar-refractivity contribution >= 4 is 28.7 Å². The maximum atomic E-state index is 11.2. The highest BCUT2D eigenvalue weighted by molar-refractivity contribution is 14.1. The summed E-state index contributed by atoms with van der Waals surface area (Å²) < 4.78 is 10.2. The van der Waals surface area contributed by atoms with Crippen molar-refractivity contribution in [1.29, 1.82) is 0 Å². The van der Waals surface area contributed by atoms with Gasteiger partial charge in [-0.2, -0.15) is 0 Å². The molecule has 1 aliphatic carbocycles. The van der Waals surface area contributed by atoms with Gasteiger partial charge in [0.1, 0.15) is 6.10 Å². The number of hydrogen-bond donors (Lipinski definition) is 0. The maximum absolute atomic E-state index is 11.2. The molecule has 0 aliphatic heterocycles. The number of alkyl halides is 1. The van der Waals surface area contributed by atoms with Gasteiger partial charge in [-0.25, -0.2) is 4.79 Å². The fraction of sp³-hybridized carbons (Fsp3) is 0.900. The van der Waals surface area contributed by atoms with Crippen LogP contribution in [0.2, 0.25) is 0 Å². The summed E-state index contributed by atoms with van der Waals surface area (Å²) in [6.07, 6.45) is 5.84. The van der Waals surface area contributed by atoms with Gasteiger partial charge in [0.15, 0.2) is 4.11 Å². The predicted octanol–water partition coefficient (Wildman–Crippen LogP) is 3.64. The van der Waals surface area contributed by atoms with Crippen molar-refractivity contribution in [3.05, 3.63) is 0 Å². The number of ether oxygens (including phenoxy) is 2. The first-order valence-corrected chi connectivity index (χ1v) is 6.48. The van der Waals surface area contributed by atoms with Crippen LogP contribution in [-0.2, 0) is 9.47 Å². The van der Waals surface area contributed by atoms with Crippen LogP contribution in [0.15, 0.2) is 0 Å². The molecule has 4 heteroatoms. The zero-order valence-corrected chi connectivity index (χ0v) is 10.7. The van der Waals surface area contributed by atoms with E-state index in [0.717, 1.165) is 25.7 Å². The van der Waals surface area contributed by atoms with Gasteiger partial charge < -0.3 is 9.47 Å². The monoisotopic (exact) mass is 312 g/mol. The quantitative estimate of drug-likeness (QED) is 0.452. The van der Waals surface area contributed by atoms with Crippen LogP contribution in [0.3, 0.4) is 0 Å². The van der Waals surface area contributed by atoms with Crippen LogP contribution < -0.4 is 0 Å². The van der Waals surface area contributed by atoms with Crippen LogP contribution >= 0.6 is 22.6 Å². The maximum Gasteiger partial charge on any atom is 0.509 e. The van der Waals surface area contributed by atoms with Crippen LogP contribution in [0.4, 0.5) is 4.79 Å². The Labute approximate surface area is 98.7 Å². The number of hydrogen-bond acceptors (Lipinski definition) is 3. The second-order valence-electron chi connectivity index (χ2n) is 3.59. The number of halogens is 1. The molecule has 0 spiro atoms. The van der Waals surface area contributed by atoms with Crippen LogP contribution in [0, 0.1) is 0 Å². The van der Waals surface area contributed by atoms with Crippen molar-refractivity contribution in [1.82, 2.24) is 0 Å². The minimum absolute atomic E-state index is 0.0495. The van der Waals surface area contributed by atoms with E-state index in [-0.39, 0.29) is 10.2 Å². The fourth-order valence-corrected chi connectivity index (χ4v) is 2.39. The van der Waals surface area contributed by atoms with Crippen molar-refractivity contribution < 1.29 is 14.3 Å². The molecule has 0 heterocycles. The highest BCUT2D eigenvalue weighted by Gasteiger charge is 2.21. The van der Waals surface area contributed by atoms with Crippen LogP contribution in [0.1, 0.15) is 45.4 Å². The van der Waals surface area contributed by atoms with E-state index in [9.17, 15) is 4.79 Å². The summed E-state index contributed by atoms with van der Waals surface area (Å²) >= 11 is 2.12. The second-order valence-corrected chi connectivity index (χ2v) is 4.98. The highest BCUT2D eigenvalue weighted by Crippen LogP contribution is 2.22. The summed E-state index contributed by atoms with van der Waals surface area (Å²) in [5.41, 5.74) is 0. The Kier molecular flexibility index (Phi) is 5.59. The average Bonchev–Trinajstić information content (AvgIpc) is 2.56. The molecule has 14 heavy (non-hydrogen) atoms. The van der Waals surface area contributed by atoms with E-state index >= 15 is 0 Å². The van der Waals surface area contributed by atoms with Gasteiger partial charge in [0.25, 0.3) is 0 Å². The highest BCUT2D eigenvalue weighted by atomic mass is 127. The van der Waals surface area contributed by atoms with Gasteiger partial charge in [0, 0.05) is 0 Å². The van der Waals surface area contributed by atoms with Gasteiger partial charge in [-0.3, -0.25) is 0 Å². The van der Waals surface area contributed by atoms with Gasteiger partial charge >= 0.3 is 6.16 Å². The molecule has 0 bridgehead atoms. The van der Waals surface area contributed by atoms with Crippen LogP contribution in [0.5, 0.6) is 0 Å². The molecule has 1 fully saturated rings. The van der Waals surface area contributed by atoms with E-state index in [1.165, 1.54) is 12.8 Å². The Morgan fingerprint density at radius 3 is 2.71 bits per heavy atom. The summed E-state index contributed by atoms with van der Waals surface area (Å²) in [5.74, 6) is 0. The Bertz CT molecular complexity index is 178. The molecule has 82 valence electrons. The van der Waals surface area contributed by atoms with Crippen molar-refractivity contribution in [2.75, 3.05) is 0 Å². The normalized spacial score (nSPS) is 19.3. The number of carbonyl (C=O) groups excluding carboxylic acids is 1. The molecule has 0 aromatic heterocycles. The Hall–Kier alpha value is 0. The average molecular weight is 312 g/mol. The van der Waals surface area contributed by atoms with E-state index in [1.54, 1.807) is 0 Å². The zero-order valence-electron chi connectivity index (χ0n) is 8.50. The molecule has 1 atom stereocenters. The van der Waals surface area contributed by atoms with Gasteiger partial charge in [-0.1, -0.05) is 13.3 Å². The summed E-state index contributed by atoms with van der Waals surface area (Å²) in [7, 11) is 0. The standard InChI is InChI=1S/C10H17IO3/c1-2-5-9(11)14-10(12)13-8-6-3-4-7-8/h8-9H,2-7H2,1H3. The lowest BCUT2D eigenvalue weighted by atomic mass is 10.3. The first kappa shape index (κ1) is 12.1. The van der Waals surface area contributed by atoms with Crippen molar-refractivity contribution in [2.45, 2.75) is 55.7 Å². The molecule has 1 unspecified atom stereocenters. The fourth-order valence-electron chi connectivity index (χ4n) is 1.56. The van der Waals surface area contributed by atoms with Gasteiger partial charge in [0.2, 0.25) is 0 Å². The number of rotatable bonds is 4. The summed E-state index contributed by atoms with van der Waals surface area (Å²) in [5, 5.41) is 0. The van der Waals surface area contributed by atoms with Crippen molar-refractivity contribution in [2.24, 2.45) is 0 Å². The molecule has 3 nitrogen and oxygen atoms in total. The first-order chi connectivity index (χ1) is 6.72. The summed E-state index contributed by atoms with van der Waals surface area (Å²) in [6.45, 7) is 2.07. The van der Waals surface area contributed by atoms with Gasteiger partial charge in [0.05, 0.1) is 0 Å². The minimum Gasteiger partial charge on any atom is -0.431 e. The molecular weight excluding hydrogens is 295 g/mol. The molecule has 0 N–H and O–H groups in total. The predicted molar refractivity (Wildman–Crippen MR) is 62.5 cm³/mol. The van der Waals surface area contributed by atoms with E-state index in [4.69, 9.17) is 9.47 Å². The lowest BCUT2D eigenvalue weighted by molar-refractivity contribution is 0.0213. The Morgan fingerprint density at radius 1 is 1.50 bits per heavy atom. The molecular formula is C10H17IO3. The van der Waals surface area contributed by atoms with E-state index in [0.29, 0.717) is 0 Å². The molecule has 0 aromatic rings. The largest absolute Gasteiger partial charge is 0.509 e. The Morgan fingerprint density at radius 2 is 2.14 bits per heavy atom. The van der Waals surface area contributed by atoms with Crippen molar-refractivity contribution in [3.8, 4) is 0 Å². The Balaban J connectivity index is 2.14. The SMILES string of the molecule is CCCC(I)OC(=O)OC1CCCC1. The molecule has 1 rings (SSSR count). The van der Waals surface area contributed by atoms with Crippen LogP contribution in [-0.4, -0.2) is 16.4 Å². The smallest absolute Gasteiger partial charge is 0.431 e. The molecule has 0 saturated heterocycles. The molecule has 0 amide bonds. The van der Waals surface area contributed by atoms with E-state index in [1.807, 2.05) is 0 Å². The second kappa shape index (κ2) is 6.48. The first-order valence-electron chi connectivity index (χ1n) is 5.23. The zero-order chi connectivity index (χ0) is 10.4. The minimum atomic E-state index is -0.496. The third-order valence-corrected chi connectivity index (χ3v) is 3.18. The lowest BCUT2D eigenvalue weighted by Gasteiger charge is -2.14. The molecule has 1 aliphatic rings. The van der Waals surface area contributed by atoms with Gasteiger partial charge in [-0.15, -0.1) is 0 Å². The summed E-state index contributed by atoms with van der Waals surface area (Å²) in [4.78, 5) is 11.2. The molecule has 0 radical (unpaired) electrons.